The molecule has 19 heavy (non-hydrogen) atoms. The lowest BCUT2D eigenvalue weighted by Gasteiger charge is -2.32. The highest BCUT2D eigenvalue weighted by atomic mass is 19.0. The fraction of sp³-hybridized carbons (Fsp3) is 0.800. The van der Waals surface area contributed by atoms with Gasteiger partial charge in [-0.15, -0.1) is 13.2 Å². The van der Waals surface area contributed by atoms with E-state index in [9.17, 15) is 4.79 Å². The summed E-state index contributed by atoms with van der Waals surface area (Å²) in [6.45, 7) is 12.9. The highest BCUT2D eigenvalue weighted by molar-refractivity contribution is 5.81. The smallest absolute Gasteiger partial charge is 0.225 e. The Kier molecular flexibility index (Phi) is 8.65. The lowest BCUT2D eigenvalue weighted by molar-refractivity contribution is -0.134. The molecule has 0 atom stereocenters. The normalized spacial score (nSPS) is 19.4. The second kappa shape index (κ2) is 9.08. The van der Waals surface area contributed by atoms with Gasteiger partial charge in [0.1, 0.15) is 0 Å². The molecule has 2 fully saturated rings. The first-order valence-electron chi connectivity index (χ1n) is 7.07. The number of hydrogen-bond donors (Lipinski definition) is 0. The minimum atomic E-state index is 0. The summed E-state index contributed by atoms with van der Waals surface area (Å²) in [6, 6.07) is 0. The third-order valence-electron chi connectivity index (χ3n) is 3.52. The summed E-state index contributed by atoms with van der Waals surface area (Å²) in [5.74, 6) is 1.44. The molecule has 2 rings (SSSR count). The summed E-state index contributed by atoms with van der Waals surface area (Å²) in [6.07, 6.45) is 4.80. The molecule has 0 radical (unpaired) electrons. The van der Waals surface area contributed by atoms with Crippen LogP contribution in [0.5, 0.6) is 0 Å². The van der Waals surface area contributed by atoms with E-state index in [0.29, 0.717) is 23.8 Å². The van der Waals surface area contributed by atoms with Gasteiger partial charge in [-0.05, 0) is 45.4 Å². The van der Waals surface area contributed by atoms with Crippen molar-refractivity contribution >= 4 is 5.91 Å². The van der Waals surface area contributed by atoms with Crippen molar-refractivity contribution in [2.75, 3.05) is 19.7 Å². The second-order valence-corrected chi connectivity index (χ2v) is 5.43. The Morgan fingerprint density at radius 1 is 1.21 bits per heavy atom. The fourth-order valence-corrected chi connectivity index (χ4v) is 2.24. The Bertz CT molecular complexity index is 259. The molecule has 0 aromatic carbocycles. The van der Waals surface area contributed by atoms with Crippen LogP contribution >= 0.6 is 0 Å². The summed E-state index contributed by atoms with van der Waals surface area (Å²) in [4.78, 5) is 13.9. The van der Waals surface area contributed by atoms with E-state index >= 15 is 0 Å². The predicted molar refractivity (Wildman–Crippen MR) is 76.9 cm³/mol. The largest absolute Gasteiger partial charge is 0.379 e. The maximum Gasteiger partial charge on any atom is 0.225 e. The molecule has 0 N–H and O–H groups in total. The zero-order valence-corrected chi connectivity index (χ0v) is 12.3. The van der Waals surface area contributed by atoms with E-state index in [-0.39, 0.29) is 4.70 Å². The van der Waals surface area contributed by atoms with Crippen molar-refractivity contribution in [3.63, 3.8) is 0 Å². The Labute approximate surface area is 116 Å². The number of hydrogen-bond acceptors (Lipinski definition) is 2. The number of rotatable bonds is 4. The van der Waals surface area contributed by atoms with Gasteiger partial charge < -0.3 is 9.64 Å². The molecular weight excluding hydrogens is 245 g/mol. The molecule has 112 valence electrons. The summed E-state index contributed by atoms with van der Waals surface area (Å²) in [5, 5.41) is 0. The first kappa shape index (κ1) is 18.1. The van der Waals surface area contributed by atoms with Crippen molar-refractivity contribution in [1.82, 2.24) is 4.90 Å². The van der Waals surface area contributed by atoms with Crippen LogP contribution in [0.2, 0.25) is 0 Å². The molecule has 1 heterocycles. The molecule has 1 aliphatic heterocycles. The van der Waals surface area contributed by atoms with Gasteiger partial charge in [0, 0.05) is 25.6 Å². The van der Waals surface area contributed by atoms with Gasteiger partial charge in [0.2, 0.25) is 5.91 Å². The highest BCUT2D eigenvalue weighted by Crippen LogP contribution is 2.32. The molecule has 4 heteroatoms. The number of likely N-dealkylation sites (tertiary alicyclic amines) is 1. The van der Waals surface area contributed by atoms with Crippen LogP contribution < -0.4 is 0 Å². The van der Waals surface area contributed by atoms with E-state index in [4.69, 9.17) is 4.74 Å². The van der Waals surface area contributed by atoms with Crippen molar-refractivity contribution in [3.05, 3.63) is 13.2 Å². The van der Waals surface area contributed by atoms with E-state index in [1.54, 1.807) is 0 Å². The molecule has 3 nitrogen and oxygen atoms in total. The SMILES string of the molecule is C=C.CC(C)OCC1CCN(C(=O)C2CC2)CC1.F. The summed E-state index contributed by atoms with van der Waals surface area (Å²) in [5.41, 5.74) is 0. The van der Waals surface area contributed by atoms with Crippen molar-refractivity contribution in [2.24, 2.45) is 11.8 Å². The maximum atomic E-state index is 11.8. The third-order valence-corrected chi connectivity index (χ3v) is 3.52. The van der Waals surface area contributed by atoms with Crippen LogP contribution in [0.1, 0.15) is 39.5 Å². The summed E-state index contributed by atoms with van der Waals surface area (Å²) < 4.78 is 5.63. The molecule has 2 aliphatic rings. The predicted octanol–water partition coefficient (Wildman–Crippen LogP) is 3.01. The Hall–Kier alpha value is -0.900. The quantitative estimate of drug-likeness (QED) is 0.737. The zero-order chi connectivity index (χ0) is 13.5. The molecule has 0 aromatic heterocycles. The van der Waals surface area contributed by atoms with Crippen molar-refractivity contribution in [3.8, 4) is 0 Å². The number of piperidine rings is 1. The standard InChI is InChI=1S/C13H23NO2.C2H4.FH/c1-10(2)16-9-11-5-7-14(8-6-11)13(15)12-3-4-12;1-2;/h10-12H,3-9H2,1-2H3;1-2H2;1H. The number of halogens is 1. The van der Waals surface area contributed by atoms with Gasteiger partial charge in [-0.25, -0.2) is 0 Å². The first-order valence-corrected chi connectivity index (χ1v) is 7.07. The highest BCUT2D eigenvalue weighted by Gasteiger charge is 2.34. The average Bonchev–Trinajstić information content (AvgIpc) is 3.23. The summed E-state index contributed by atoms with van der Waals surface area (Å²) in [7, 11) is 0. The lowest BCUT2D eigenvalue weighted by atomic mass is 9.97. The van der Waals surface area contributed by atoms with Crippen LogP contribution in [0.3, 0.4) is 0 Å². The number of carbonyl (C=O) groups is 1. The minimum absolute atomic E-state index is 0. The Morgan fingerprint density at radius 3 is 2.16 bits per heavy atom. The number of carbonyl (C=O) groups excluding carboxylic acids is 1. The molecule has 0 bridgehead atoms. The number of amides is 1. The van der Waals surface area contributed by atoms with Gasteiger partial charge in [0.05, 0.1) is 6.10 Å². The Balaban J connectivity index is 0.00000103. The molecule has 1 amide bonds. The first-order chi connectivity index (χ1) is 8.66. The number of ether oxygens (including phenoxy) is 1. The molecule has 0 unspecified atom stereocenters. The third kappa shape index (κ3) is 6.19. The molecule has 1 saturated heterocycles. The van der Waals surface area contributed by atoms with Gasteiger partial charge in [-0.2, -0.15) is 0 Å². The van der Waals surface area contributed by atoms with Crippen LogP contribution in [0, 0.1) is 11.8 Å². The second-order valence-electron chi connectivity index (χ2n) is 5.43. The number of nitrogens with zero attached hydrogens (tertiary/aromatic N) is 1. The Morgan fingerprint density at radius 2 is 1.74 bits per heavy atom. The van der Waals surface area contributed by atoms with E-state index in [1.165, 1.54) is 0 Å². The lowest BCUT2D eigenvalue weighted by Crippen LogP contribution is -2.40. The van der Waals surface area contributed by atoms with Crippen LogP contribution in [0.15, 0.2) is 13.2 Å². The van der Waals surface area contributed by atoms with E-state index in [1.807, 2.05) is 0 Å². The van der Waals surface area contributed by atoms with Crippen LogP contribution in [-0.4, -0.2) is 36.6 Å². The van der Waals surface area contributed by atoms with Crippen molar-refractivity contribution < 1.29 is 14.2 Å². The van der Waals surface area contributed by atoms with E-state index < -0.39 is 0 Å². The topological polar surface area (TPSA) is 29.5 Å². The molecular formula is C15H28FNO2. The van der Waals surface area contributed by atoms with E-state index in [0.717, 1.165) is 45.4 Å². The molecule has 0 aromatic rings. The monoisotopic (exact) mass is 273 g/mol. The van der Waals surface area contributed by atoms with Gasteiger partial charge >= 0.3 is 0 Å². The molecule has 1 aliphatic carbocycles. The maximum absolute atomic E-state index is 11.8. The van der Waals surface area contributed by atoms with Gasteiger partial charge in [0.15, 0.2) is 0 Å². The van der Waals surface area contributed by atoms with Gasteiger partial charge in [-0.1, -0.05) is 0 Å². The fourth-order valence-electron chi connectivity index (χ4n) is 2.24. The van der Waals surface area contributed by atoms with Gasteiger partial charge in [-0.3, -0.25) is 9.50 Å². The van der Waals surface area contributed by atoms with E-state index in [2.05, 4.69) is 31.9 Å². The van der Waals surface area contributed by atoms with Crippen LogP contribution in [0.4, 0.5) is 4.70 Å². The minimum Gasteiger partial charge on any atom is -0.379 e. The summed E-state index contributed by atoms with van der Waals surface area (Å²) >= 11 is 0. The van der Waals surface area contributed by atoms with Crippen LogP contribution in [-0.2, 0) is 9.53 Å². The molecule has 1 saturated carbocycles. The average molecular weight is 273 g/mol. The van der Waals surface area contributed by atoms with Gasteiger partial charge in [0.25, 0.3) is 0 Å². The molecule has 0 spiro atoms. The van der Waals surface area contributed by atoms with Crippen molar-refractivity contribution in [1.29, 1.82) is 0 Å². The van der Waals surface area contributed by atoms with Crippen LogP contribution in [0.25, 0.3) is 0 Å². The zero-order valence-electron chi connectivity index (χ0n) is 12.3. The van der Waals surface area contributed by atoms with Crippen molar-refractivity contribution in [2.45, 2.75) is 45.6 Å².